The minimum atomic E-state index is -3.17. The molecule has 1 spiro atoms. The highest BCUT2D eigenvalue weighted by atomic mass is 32.2. The average Bonchev–Trinajstić information content (AvgIpc) is 3.34. The van der Waals surface area contributed by atoms with Gasteiger partial charge in [0.05, 0.1) is 10.5 Å². The molecule has 2 saturated carbocycles. The molecule has 1 aromatic carbocycles. The lowest BCUT2D eigenvalue weighted by atomic mass is 9.81. The van der Waals surface area contributed by atoms with Gasteiger partial charge in [0.1, 0.15) is 11.6 Å². The number of nitrogens with zero attached hydrogens (tertiary/aromatic N) is 1. The van der Waals surface area contributed by atoms with E-state index in [0.29, 0.717) is 38.8 Å². The zero-order chi connectivity index (χ0) is 19.2. The van der Waals surface area contributed by atoms with Gasteiger partial charge < -0.3 is 10.2 Å². The summed E-state index contributed by atoms with van der Waals surface area (Å²) < 4.78 is 52.0. The van der Waals surface area contributed by atoms with Gasteiger partial charge in [-0.15, -0.1) is 0 Å². The molecule has 1 aromatic rings. The summed E-state index contributed by atoms with van der Waals surface area (Å²) >= 11 is 0. The summed E-state index contributed by atoms with van der Waals surface area (Å²) in [5, 5.41) is 2.82. The summed E-state index contributed by atoms with van der Waals surface area (Å²) in [5.41, 5.74) is 0.101. The minimum absolute atomic E-state index is 0.00686. The molecule has 0 aromatic heterocycles. The molecule has 1 N–H and O–H groups in total. The monoisotopic (exact) mass is 398 g/mol. The van der Waals surface area contributed by atoms with Crippen LogP contribution in [-0.2, 0) is 9.84 Å². The van der Waals surface area contributed by atoms with Crippen LogP contribution in [0.2, 0.25) is 0 Å². The molecule has 1 heterocycles. The fourth-order valence-electron chi connectivity index (χ4n) is 4.41. The molecule has 0 unspecified atom stereocenters. The lowest BCUT2D eigenvalue weighted by Crippen LogP contribution is -2.46. The van der Waals surface area contributed by atoms with Crippen molar-refractivity contribution in [2.45, 2.75) is 42.8 Å². The molecule has 5 nitrogen and oxygen atoms in total. The van der Waals surface area contributed by atoms with Crippen molar-refractivity contribution in [2.75, 3.05) is 25.4 Å². The number of urea groups is 1. The second-order valence-corrected chi connectivity index (χ2v) is 10.5. The van der Waals surface area contributed by atoms with Crippen LogP contribution in [0.3, 0.4) is 0 Å². The highest BCUT2D eigenvalue weighted by Gasteiger charge is 2.50. The zero-order valence-corrected chi connectivity index (χ0v) is 15.9. The van der Waals surface area contributed by atoms with Crippen LogP contribution < -0.4 is 5.32 Å². The zero-order valence-electron chi connectivity index (χ0n) is 15.1. The van der Waals surface area contributed by atoms with E-state index in [-0.39, 0.29) is 35.7 Å². The lowest BCUT2D eigenvalue weighted by Gasteiger charge is -2.39. The Morgan fingerprint density at radius 1 is 1.19 bits per heavy atom. The van der Waals surface area contributed by atoms with Gasteiger partial charge in [0.25, 0.3) is 0 Å². The number of carbonyl (C=O) groups excluding carboxylic acids is 1. The highest BCUT2D eigenvalue weighted by Crippen LogP contribution is 2.48. The Bertz CT molecular complexity index is 834. The van der Waals surface area contributed by atoms with Crippen LogP contribution in [0.15, 0.2) is 18.2 Å². The Labute approximate surface area is 158 Å². The number of hydrogen-bond acceptors (Lipinski definition) is 3. The SMILES string of the molecule is O=C(NC[C@@H]1C[C@H]1c1c(F)cccc1F)N1CCC2(CCC2)S(=O)(=O)CC1. The van der Waals surface area contributed by atoms with Gasteiger partial charge in [0, 0.05) is 25.2 Å². The van der Waals surface area contributed by atoms with Crippen LogP contribution >= 0.6 is 0 Å². The standard InChI is InChI=1S/C19H24F2N2O3S/c20-15-3-1-4-16(21)17(15)14-11-13(14)12-22-18(24)23-8-7-19(5-2-6-19)27(25,26)10-9-23/h1,3-4,13-14H,2,5-12H2,(H,22,24)/t13-,14+/m0/s1. The molecule has 2 aliphatic carbocycles. The number of carbonyl (C=O) groups is 1. The van der Waals surface area contributed by atoms with E-state index in [0.717, 1.165) is 6.42 Å². The van der Waals surface area contributed by atoms with Gasteiger partial charge in [0.2, 0.25) is 0 Å². The van der Waals surface area contributed by atoms with Gasteiger partial charge in [-0.3, -0.25) is 0 Å². The van der Waals surface area contributed by atoms with Crippen LogP contribution in [0.4, 0.5) is 13.6 Å². The number of halogens is 2. The molecule has 27 heavy (non-hydrogen) atoms. The van der Waals surface area contributed by atoms with E-state index < -0.39 is 26.2 Å². The topological polar surface area (TPSA) is 66.5 Å². The van der Waals surface area contributed by atoms with E-state index in [9.17, 15) is 22.0 Å². The molecule has 4 rings (SSSR count). The van der Waals surface area contributed by atoms with E-state index in [1.54, 1.807) is 4.90 Å². The van der Waals surface area contributed by atoms with Crippen LogP contribution in [-0.4, -0.2) is 49.5 Å². The molecule has 0 radical (unpaired) electrons. The van der Waals surface area contributed by atoms with E-state index in [1.807, 2.05) is 0 Å². The van der Waals surface area contributed by atoms with Crippen molar-refractivity contribution in [2.24, 2.45) is 5.92 Å². The molecule has 148 valence electrons. The van der Waals surface area contributed by atoms with Gasteiger partial charge in [0.15, 0.2) is 9.84 Å². The fraction of sp³-hybridized carbons (Fsp3) is 0.632. The first-order valence-electron chi connectivity index (χ1n) is 9.52. The largest absolute Gasteiger partial charge is 0.338 e. The fourth-order valence-corrected chi connectivity index (χ4v) is 6.62. The summed E-state index contributed by atoms with van der Waals surface area (Å²) in [7, 11) is -3.17. The maximum Gasteiger partial charge on any atom is 0.317 e. The Balaban J connectivity index is 1.32. The van der Waals surface area contributed by atoms with E-state index in [2.05, 4.69) is 5.32 Å². The number of sulfone groups is 1. The minimum Gasteiger partial charge on any atom is -0.338 e. The third-order valence-corrected chi connectivity index (χ3v) is 9.14. The molecule has 8 heteroatoms. The first-order valence-corrected chi connectivity index (χ1v) is 11.2. The highest BCUT2D eigenvalue weighted by molar-refractivity contribution is 7.92. The van der Waals surface area contributed by atoms with E-state index >= 15 is 0 Å². The molecule has 2 amide bonds. The summed E-state index contributed by atoms with van der Waals surface area (Å²) in [5.74, 6) is -1.29. The first kappa shape index (κ1) is 18.7. The maximum absolute atomic E-state index is 13.8. The molecule has 2 atom stereocenters. The molecule has 1 aliphatic heterocycles. The first-order chi connectivity index (χ1) is 12.8. The van der Waals surface area contributed by atoms with Crippen molar-refractivity contribution in [3.63, 3.8) is 0 Å². The third kappa shape index (κ3) is 3.32. The smallest absolute Gasteiger partial charge is 0.317 e. The number of amides is 2. The maximum atomic E-state index is 13.8. The quantitative estimate of drug-likeness (QED) is 0.852. The summed E-state index contributed by atoms with van der Waals surface area (Å²) in [6.45, 7) is 0.971. The number of hydrogen-bond donors (Lipinski definition) is 1. The predicted molar refractivity (Wildman–Crippen MR) is 97.2 cm³/mol. The number of benzene rings is 1. The second kappa shape index (κ2) is 6.72. The Hall–Kier alpha value is -1.70. The summed E-state index contributed by atoms with van der Waals surface area (Å²) in [6.07, 6.45) is 3.46. The normalized spacial score (nSPS) is 28.3. The van der Waals surface area contributed by atoms with Gasteiger partial charge in [-0.2, -0.15) is 0 Å². The Kier molecular flexibility index (Phi) is 4.64. The summed E-state index contributed by atoms with van der Waals surface area (Å²) in [6, 6.07) is 3.55. The third-order valence-electron chi connectivity index (χ3n) is 6.49. The average molecular weight is 398 g/mol. The number of rotatable bonds is 3. The van der Waals surface area contributed by atoms with Crippen LogP contribution in [0.1, 0.15) is 43.6 Å². The molecule has 3 fully saturated rings. The Morgan fingerprint density at radius 3 is 2.52 bits per heavy atom. The second-order valence-electron chi connectivity index (χ2n) is 8.02. The molecule has 1 saturated heterocycles. The Morgan fingerprint density at radius 2 is 1.89 bits per heavy atom. The van der Waals surface area contributed by atoms with Crippen molar-refractivity contribution in [1.29, 1.82) is 0 Å². The van der Waals surface area contributed by atoms with Crippen molar-refractivity contribution in [3.05, 3.63) is 35.4 Å². The molecule has 3 aliphatic rings. The van der Waals surface area contributed by atoms with Gasteiger partial charge in [-0.05, 0) is 49.7 Å². The van der Waals surface area contributed by atoms with Crippen LogP contribution in [0.5, 0.6) is 0 Å². The van der Waals surface area contributed by atoms with Gasteiger partial charge >= 0.3 is 6.03 Å². The summed E-state index contributed by atoms with van der Waals surface area (Å²) in [4.78, 5) is 14.0. The van der Waals surface area contributed by atoms with Crippen LogP contribution in [0.25, 0.3) is 0 Å². The van der Waals surface area contributed by atoms with Crippen molar-refractivity contribution in [1.82, 2.24) is 10.2 Å². The van der Waals surface area contributed by atoms with Crippen molar-refractivity contribution < 1.29 is 22.0 Å². The van der Waals surface area contributed by atoms with Crippen molar-refractivity contribution >= 4 is 15.9 Å². The van der Waals surface area contributed by atoms with Crippen LogP contribution in [0, 0.1) is 17.6 Å². The van der Waals surface area contributed by atoms with E-state index in [4.69, 9.17) is 0 Å². The molecular formula is C19H24F2N2O3S. The number of nitrogens with one attached hydrogen (secondary N) is 1. The molecule has 0 bridgehead atoms. The molecular weight excluding hydrogens is 374 g/mol. The van der Waals surface area contributed by atoms with Gasteiger partial charge in [-0.25, -0.2) is 22.0 Å². The van der Waals surface area contributed by atoms with Crippen molar-refractivity contribution in [3.8, 4) is 0 Å². The van der Waals surface area contributed by atoms with E-state index in [1.165, 1.54) is 18.2 Å². The predicted octanol–water partition coefficient (Wildman–Crippen LogP) is 2.82. The van der Waals surface area contributed by atoms with Gasteiger partial charge in [-0.1, -0.05) is 12.5 Å². The lowest BCUT2D eigenvalue weighted by molar-refractivity contribution is 0.195.